The van der Waals surface area contributed by atoms with Gasteiger partial charge in [-0.2, -0.15) is 0 Å². The minimum atomic E-state index is -0.0876. The second kappa shape index (κ2) is 5.74. The van der Waals surface area contributed by atoms with Crippen molar-refractivity contribution in [1.29, 1.82) is 0 Å². The molecule has 0 aromatic heterocycles. The molecule has 0 aliphatic rings. The fourth-order valence-corrected chi connectivity index (χ4v) is 2.34. The Morgan fingerprint density at radius 2 is 1.89 bits per heavy atom. The van der Waals surface area contributed by atoms with Crippen LogP contribution in [0.25, 0.3) is 0 Å². The fourth-order valence-electron chi connectivity index (χ4n) is 1.63. The molecule has 0 bridgehead atoms. The van der Waals surface area contributed by atoms with Gasteiger partial charge in [0.1, 0.15) is 11.5 Å². The Kier molecular flexibility index (Phi) is 4.27. The molecule has 4 heteroatoms. The van der Waals surface area contributed by atoms with E-state index in [2.05, 4.69) is 15.9 Å². The molecule has 0 radical (unpaired) electrons. The Hall–Kier alpha value is -1.03. The molecular weight excluding hydrogens is 314 g/mol. The van der Waals surface area contributed by atoms with Gasteiger partial charge in [-0.1, -0.05) is 45.7 Å². The number of hydrogen-bond donors (Lipinski definition) is 1. The lowest BCUT2D eigenvalue weighted by Crippen LogP contribution is -2.06. The first-order chi connectivity index (χ1) is 8.58. The molecule has 0 amide bonds. The first-order valence-corrected chi connectivity index (χ1v) is 6.72. The van der Waals surface area contributed by atoms with E-state index in [0.717, 1.165) is 15.8 Å². The summed E-state index contributed by atoms with van der Waals surface area (Å²) in [5.41, 5.74) is 6.86. The summed E-state index contributed by atoms with van der Waals surface area (Å²) < 4.78 is 6.74. The van der Waals surface area contributed by atoms with Gasteiger partial charge in [0.2, 0.25) is 0 Å². The van der Waals surface area contributed by atoms with Crippen LogP contribution >= 0.6 is 27.5 Å². The van der Waals surface area contributed by atoms with Crippen molar-refractivity contribution in [2.24, 2.45) is 5.73 Å². The molecule has 2 aromatic rings. The van der Waals surface area contributed by atoms with Gasteiger partial charge >= 0.3 is 0 Å². The fraction of sp³-hybridized carbons (Fsp3) is 0.143. The first-order valence-electron chi connectivity index (χ1n) is 5.55. The van der Waals surface area contributed by atoms with Gasteiger partial charge in [0.15, 0.2) is 0 Å². The van der Waals surface area contributed by atoms with Crippen LogP contribution in [0.15, 0.2) is 46.9 Å². The second-order valence-electron chi connectivity index (χ2n) is 4.00. The van der Waals surface area contributed by atoms with Gasteiger partial charge < -0.3 is 10.5 Å². The second-order valence-corrected chi connectivity index (χ2v) is 5.33. The third kappa shape index (κ3) is 3.05. The molecule has 2 rings (SSSR count). The molecule has 2 N–H and O–H groups in total. The van der Waals surface area contributed by atoms with Crippen LogP contribution in [-0.4, -0.2) is 0 Å². The topological polar surface area (TPSA) is 35.2 Å². The predicted octanol–water partition coefficient (Wildman–Crippen LogP) is 4.91. The number of nitrogens with two attached hydrogens (primary N) is 1. The van der Waals surface area contributed by atoms with Gasteiger partial charge in [-0.3, -0.25) is 0 Å². The minimum Gasteiger partial charge on any atom is -0.455 e. The van der Waals surface area contributed by atoms with Gasteiger partial charge in [-0.05, 0) is 31.2 Å². The van der Waals surface area contributed by atoms with E-state index in [9.17, 15) is 0 Å². The lowest BCUT2D eigenvalue weighted by Gasteiger charge is -2.14. The largest absolute Gasteiger partial charge is 0.455 e. The molecule has 0 spiro atoms. The van der Waals surface area contributed by atoms with Crippen LogP contribution in [0.2, 0.25) is 5.02 Å². The summed E-state index contributed by atoms with van der Waals surface area (Å²) in [5.74, 6) is 1.35. The highest BCUT2D eigenvalue weighted by Crippen LogP contribution is 2.34. The molecular formula is C14H13BrClNO. The van der Waals surface area contributed by atoms with Gasteiger partial charge in [0, 0.05) is 16.1 Å². The van der Waals surface area contributed by atoms with Crippen LogP contribution in [0.1, 0.15) is 18.5 Å². The zero-order valence-electron chi connectivity index (χ0n) is 9.86. The van der Waals surface area contributed by atoms with Gasteiger partial charge in [-0.25, -0.2) is 0 Å². The molecule has 0 aliphatic carbocycles. The Morgan fingerprint density at radius 1 is 1.17 bits per heavy atom. The van der Waals surface area contributed by atoms with Crippen LogP contribution in [0.3, 0.4) is 0 Å². The lowest BCUT2D eigenvalue weighted by atomic mass is 10.1. The number of ether oxygens (including phenoxy) is 1. The number of hydrogen-bond acceptors (Lipinski definition) is 2. The highest BCUT2D eigenvalue weighted by Gasteiger charge is 2.10. The Morgan fingerprint density at radius 3 is 2.56 bits per heavy atom. The minimum absolute atomic E-state index is 0.0876. The third-order valence-electron chi connectivity index (χ3n) is 2.52. The molecule has 2 nitrogen and oxygen atoms in total. The van der Waals surface area contributed by atoms with Crippen LogP contribution in [-0.2, 0) is 0 Å². The van der Waals surface area contributed by atoms with Gasteiger partial charge in [-0.15, -0.1) is 0 Å². The van der Waals surface area contributed by atoms with Crippen molar-refractivity contribution in [3.05, 3.63) is 57.5 Å². The van der Waals surface area contributed by atoms with Crippen LogP contribution in [0.4, 0.5) is 0 Å². The van der Waals surface area contributed by atoms with E-state index < -0.39 is 0 Å². The van der Waals surface area contributed by atoms with Crippen molar-refractivity contribution in [2.45, 2.75) is 13.0 Å². The van der Waals surface area contributed by atoms with Crippen molar-refractivity contribution in [2.75, 3.05) is 0 Å². The van der Waals surface area contributed by atoms with E-state index >= 15 is 0 Å². The Bertz CT molecular complexity index is 557. The smallest absolute Gasteiger partial charge is 0.146 e. The maximum Gasteiger partial charge on any atom is 0.146 e. The maximum absolute atomic E-state index is 6.13. The summed E-state index contributed by atoms with van der Waals surface area (Å²) in [6.07, 6.45) is 0. The van der Waals surface area contributed by atoms with Crippen molar-refractivity contribution in [1.82, 2.24) is 0 Å². The van der Waals surface area contributed by atoms with E-state index in [1.54, 1.807) is 6.07 Å². The van der Waals surface area contributed by atoms with E-state index in [-0.39, 0.29) is 6.04 Å². The van der Waals surface area contributed by atoms with Crippen molar-refractivity contribution < 1.29 is 4.74 Å². The van der Waals surface area contributed by atoms with Crippen molar-refractivity contribution in [3.63, 3.8) is 0 Å². The molecule has 94 valence electrons. The summed E-state index contributed by atoms with van der Waals surface area (Å²) in [4.78, 5) is 0. The normalized spacial score (nSPS) is 12.2. The van der Waals surface area contributed by atoms with Crippen LogP contribution in [0, 0.1) is 0 Å². The molecule has 2 aromatic carbocycles. The summed E-state index contributed by atoms with van der Waals surface area (Å²) in [6.45, 7) is 1.92. The zero-order valence-corrected chi connectivity index (χ0v) is 12.2. The van der Waals surface area contributed by atoms with E-state index in [1.807, 2.05) is 43.3 Å². The Labute approximate surface area is 120 Å². The summed E-state index contributed by atoms with van der Waals surface area (Å²) >= 11 is 9.48. The SMILES string of the molecule is CC(N)c1ccccc1Oc1ccc(Br)cc1Cl. The quantitative estimate of drug-likeness (QED) is 0.869. The lowest BCUT2D eigenvalue weighted by molar-refractivity contribution is 0.472. The molecule has 0 saturated carbocycles. The number of para-hydroxylation sites is 1. The highest BCUT2D eigenvalue weighted by atomic mass is 79.9. The average molecular weight is 327 g/mol. The van der Waals surface area contributed by atoms with E-state index in [1.165, 1.54) is 0 Å². The monoisotopic (exact) mass is 325 g/mol. The summed E-state index contributed by atoms with van der Waals surface area (Å²) in [6, 6.07) is 13.1. The molecule has 0 aliphatic heterocycles. The highest BCUT2D eigenvalue weighted by molar-refractivity contribution is 9.10. The summed E-state index contributed by atoms with van der Waals surface area (Å²) in [7, 11) is 0. The van der Waals surface area contributed by atoms with Crippen LogP contribution < -0.4 is 10.5 Å². The number of halogens is 2. The summed E-state index contributed by atoms with van der Waals surface area (Å²) in [5, 5.41) is 0.559. The van der Waals surface area contributed by atoms with E-state index in [4.69, 9.17) is 22.1 Å². The predicted molar refractivity (Wildman–Crippen MR) is 78.3 cm³/mol. The number of rotatable bonds is 3. The number of benzene rings is 2. The molecule has 0 fully saturated rings. The molecule has 0 heterocycles. The zero-order chi connectivity index (χ0) is 13.1. The van der Waals surface area contributed by atoms with Crippen molar-refractivity contribution in [3.8, 4) is 11.5 Å². The van der Waals surface area contributed by atoms with Crippen molar-refractivity contribution >= 4 is 27.5 Å². The van der Waals surface area contributed by atoms with Crippen LogP contribution in [0.5, 0.6) is 11.5 Å². The maximum atomic E-state index is 6.13. The van der Waals surface area contributed by atoms with Gasteiger partial charge in [0.25, 0.3) is 0 Å². The standard InChI is InChI=1S/C14H13BrClNO/c1-9(17)11-4-2-3-5-13(11)18-14-7-6-10(15)8-12(14)16/h2-9H,17H2,1H3. The molecule has 1 atom stereocenters. The first kappa shape index (κ1) is 13.4. The van der Waals surface area contributed by atoms with Gasteiger partial charge in [0.05, 0.1) is 5.02 Å². The molecule has 18 heavy (non-hydrogen) atoms. The molecule has 1 unspecified atom stereocenters. The average Bonchev–Trinajstić information content (AvgIpc) is 2.33. The Balaban J connectivity index is 2.34. The van der Waals surface area contributed by atoms with E-state index in [0.29, 0.717) is 10.8 Å². The molecule has 0 saturated heterocycles. The third-order valence-corrected chi connectivity index (χ3v) is 3.31.